The van der Waals surface area contributed by atoms with E-state index >= 15 is 0 Å². The Hall–Kier alpha value is -2.64. The molecule has 0 fully saturated rings. The van der Waals surface area contributed by atoms with E-state index in [-0.39, 0.29) is 18.7 Å². The van der Waals surface area contributed by atoms with E-state index in [1.165, 1.54) is 0 Å². The number of amides is 1. The van der Waals surface area contributed by atoms with Crippen molar-refractivity contribution in [1.29, 1.82) is 0 Å². The molecule has 3 N–H and O–H groups in total. The molecule has 0 saturated carbocycles. The van der Waals surface area contributed by atoms with Gasteiger partial charge in [-0.05, 0) is 42.2 Å². The van der Waals surface area contributed by atoms with E-state index in [2.05, 4.69) is 10.3 Å². The van der Waals surface area contributed by atoms with Gasteiger partial charge in [-0.3, -0.25) is 9.78 Å². The van der Waals surface area contributed by atoms with Gasteiger partial charge in [-0.2, -0.15) is 0 Å². The second-order valence-electron chi connectivity index (χ2n) is 5.90. The zero-order valence-electron chi connectivity index (χ0n) is 13.6. The molecule has 0 bridgehead atoms. The molecular weight excluding hydrogens is 319 g/mol. The summed E-state index contributed by atoms with van der Waals surface area (Å²) in [6.07, 6.45) is 6.05. The van der Waals surface area contributed by atoms with Gasteiger partial charge in [-0.1, -0.05) is 18.2 Å². The van der Waals surface area contributed by atoms with Crippen LogP contribution in [-0.2, 0) is 17.6 Å². The summed E-state index contributed by atoms with van der Waals surface area (Å²) in [6, 6.07) is 11.2. The van der Waals surface area contributed by atoms with Crippen LogP contribution in [0, 0.1) is 0 Å². The number of pyridine rings is 1. The zero-order chi connectivity index (χ0) is 17.6. The van der Waals surface area contributed by atoms with E-state index in [4.69, 9.17) is 4.42 Å². The summed E-state index contributed by atoms with van der Waals surface area (Å²) in [6.45, 7) is 0. The minimum atomic E-state index is -1.65. The molecule has 0 aliphatic heterocycles. The molecular formula is C18H19BN2O4. The Kier molecular flexibility index (Phi) is 5.48. The highest BCUT2D eigenvalue weighted by atomic mass is 16.4. The number of hydrogen-bond acceptors (Lipinski definition) is 5. The maximum Gasteiger partial charge on any atom is 0.475 e. The zero-order valence-corrected chi connectivity index (χ0v) is 13.6. The Bertz CT molecular complexity index is 835. The molecule has 1 aromatic carbocycles. The Balaban J connectivity index is 1.62. The average molecular weight is 338 g/mol. The van der Waals surface area contributed by atoms with Crippen LogP contribution >= 0.6 is 0 Å². The van der Waals surface area contributed by atoms with Crippen molar-refractivity contribution in [2.75, 3.05) is 0 Å². The lowest BCUT2D eigenvalue weighted by Gasteiger charge is -2.17. The summed E-state index contributed by atoms with van der Waals surface area (Å²) in [5.74, 6) is -1.03. The molecule has 0 aliphatic rings. The first-order valence-corrected chi connectivity index (χ1v) is 8.13. The Morgan fingerprint density at radius 1 is 1.20 bits per heavy atom. The molecule has 6 nitrogen and oxygen atoms in total. The molecule has 1 atom stereocenters. The monoisotopic (exact) mass is 338 g/mol. The summed E-state index contributed by atoms with van der Waals surface area (Å²) in [7, 11) is -1.65. The molecule has 0 unspecified atom stereocenters. The van der Waals surface area contributed by atoms with Crippen LogP contribution in [0.3, 0.4) is 0 Å². The van der Waals surface area contributed by atoms with Gasteiger partial charge in [0.15, 0.2) is 0 Å². The molecule has 2 aromatic heterocycles. The molecule has 0 spiro atoms. The summed E-state index contributed by atoms with van der Waals surface area (Å²) < 4.78 is 5.46. The lowest BCUT2D eigenvalue weighted by atomic mass is 9.76. The van der Waals surface area contributed by atoms with Crippen molar-refractivity contribution >= 4 is 24.0 Å². The molecule has 3 aromatic rings. The summed E-state index contributed by atoms with van der Waals surface area (Å²) >= 11 is 0. The largest absolute Gasteiger partial charge is 0.475 e. The van der Waals surface area contributed by atoms with Gasteiger partial charge in [-0.15, -0.1) is 0 Å². The van der Waals surface area contributed by atoms with Crippen molar-refractivity contribution in [3.8, 4) is 0 Å². The minimum absolute atomic E-state index is 0.234. The highest BCUT2D eigenvalue weighted by molar-refractivity contribution is 6.43. The second kappa shape index (κ2) is 7.96. The van der Waals surface area contributed by atoms with Gasteiger partial charge in [0.2, 0.25) is 5.91 Å². The number of aryl methyl sites for hydroxylation is 1. The smallest absolute Gasteiger partial charge is 0.464 e. The Labute approximate surface area is 145 Å². The summed E-state index contributed by atoms with van der Waals surface area (Å²) in [4.78, 5) is 16.1. The number of nitrogens with zero attached hydrogens (tertiary/aromatic N) is 1. The van der Waals surface area contributed by atoms with E-state index in [1.54, 1.807) is 18.7 Å². The van der Waals surface area contributed by atoms with E-state index < -0.39 is 13.1 Å². The normalized spacial score (nSPS) is 12.1. The predicted molar refractivity (Wildman–Crippen MR) is 94.6 cm³/mol. The van der Waals surface area contributed by atoms with E-state index in [0.29, 0.717) is 6.42 Å². The van der Waals surface area contributed by atoms with E-state index in [0.717, 1.165) is 22.1 Å². The van der Waals surface area contributed by atoms with Gasteiger partial charge < -0.3 is 19.8 Å². The lowest BCUT2D eigenvalue weighted by Crippen LogP contribution is -2.47. The number of carbonyl (C=O) groups excluding carboxylic acids is 1. The second-order valence-corrected chi connectivity index (χ2v) is 5.90. The molecule has 2 heterocycles. The maximum absolute atomic E-state index is 12.2. The first-order chi connectivity index (χ1) is 12.1. The number of fused-ring (bicyclic) bond motifs is 1. The first-order valence-electron chi connectivity index (χ1n) is 8.13. The van der Waals surface area contributed by atoms with E-state index in [1.807, 2.05) is 36.4 Å². The standard InChI is InChI=1S/C18H19BN2O4/c22-18(6-5-13-7-9-20-10-8-13)21-17(19(23)24)11-14-12-25-16-4-2-1-3-15(14)16/h1-4,7-10,12,17,23-24H,5-6,11H2,(H,21,22)/t17-/m0/s1. The molecule has 0 aliphatic carbocycles. The molecule has 25 heavy (non-hydrogen) atoms. The van der Waals surface area contributed by atoms with Crippen LogP contribution in [0.25, 0.3) is 11.0 Å². The van der Waals surface area contributed by atoms with Crippen molar-refractivity contribution in [2.24, 2.45) is 0 Å². The minimum Gasteiger partial charge on any atom is -0.464 e. The van der Waals surface area contributed by atoms with Crippen molar-refractivity contribution in [3.63, 3.8) is 0 Å². The topological polar surface area (TPSA) is 95.6 Å². The molecule has 0 radical (unpaired) electrons. The van der Waals surface area contributed by atoms with Crippen LogP contribution in [0.5, 0.6) is 0 Å². The van der Waals surface area contributed by atoms with Crippen LogP contribution < -0.4 is 5.32 Å². The number of carbonyl (C=O) groups is 1. The van der Waals surface area contributed by atoms with Crippen LogP contribution in [0.15, 0.2) is 59.5 Å². The third-order valence-electron chi connectivity index (χ3n) is 4.10. The summed E-state index contributed by atoms with van der Waals surface area (Å²) in [5, 5.41) is 22.8. The van der Waals surface area contributed by atoms with Crippen molar-refractivity contribution < 1.29 is 19.3 Å². The van der Waals surface area contributed by atoms with Crippen LogP contribution in [0.2, 0.25) is 0 Å². The molecule has 128 valence electrons. The Morgan fingerprint density at radius 3 is 2.72 bits per heavy atom. The summed E-state index contributed by atoms with van der Waals surface area (Å²) in [5.41, 5.74) is 2.56. The highest BCUT2D eigenvalue weighted by Crippen LogP contribution is 2.22. The third kappa shape index (κ3) is 4.46. The van der Waals surface area contributed by atoms with Gasteiger partial charge in [0.1, 0.15) is 5.58 Å². The number of rotatable bonds is 7. The Morgan fingerprint density at radius 2 is 1.96 bits per heavy atom. The third-order valence-corrected chi connectivity index (χ3v) is 4.10. The SMILES string of the molecule is O=C(CCc1ccncc1)N[C@@H](Cc1coc2ccccc12)B(O)O. The van der Waals surface area contributed by atoms with Crippen molar-refractivity contribution in [2.45, 2.75) is 25.2 Å². The fourth-order valence-electron chi connectivity index (χ4n) is 2.75. The van der Waals surface area contributed by atoms with Gasteiger partial charge in [0, 0.05) is 24.2 Å². The number of hydrogen-bond donors (Lipinski definition) is 3. The number of nitrogens with one attached hydrogen (secondary N) is 1. The average Bonchev–Trinajstić information content (AvgIpc) is 3.03. The molecule has 3 rings (SSSR count). The van der Waals surface area contributed by atoms with Crippen LogP contribution in [0.4, 0.5) is 0 Å². The fraction of sp³-hybridized carbons (Fsp3) is 0.222. The van der Waals surface area contributed by atoms with Crippen molar-refractivity contribution in [3.05, 3.63) is 66.2 Å². The maximum atomic E-state index is 12.2. The first kappa shape index (κ1) is 17.2. The van der Waals surface area contributed by atoms with Gasteiger partial charge in [0.05, 0.1) is 12.2 Å². The molecule has 0 saturated heterocycles. The number of aromatic nitrogens is 1. The predicted octanol–water partition coefficient (Wildman–Crippen LogP) is 1.50. The fourth-order valence-corrected chi connectivity index (χ4v) is 2.75. The molecule has 1 amide bonds. The van der Waals surface area contributed by atoms with Crippen molar-refractivity contribution in [1.82, 2.24) is 10.3 Å². The van der Waals surface area contributed by atoms with Gasteiger partial charge in [0.25, 0.3) is 0 Å². The van der Waals surface area contributed by atoms with Gasteiger partial charge >= 0.3 is 7.12 Å². The quantitative estimate of drug-likeness (QED) is 0.568. The van der Waals surface area contributed by atoms with E-state index in [9.17, 15) is 14.8 Å². The highest BCUT2D eigenvalue weighted by Gasteiger charge is 2.26. The van der Waals surface area contributed by atoms with Gasteiger partial charge in [-0.25, -0.2) is 0 Å². The number of para-hydroxylation sites is 1. The van der Waals surface area contributed by atoms with Crippen LogP contribution in [-0.4, -0.2) is 34.0 Å². The molecule has 7 heteroatoms. The lowest BCUT2D eigenvalue weighted by molar-refractivity contribution is -0.121. The number of furan rings is 1. The van der Waals surface area contributed by atoms with Crippen LogP contribution in [0.1, 0.15) is 17.5 Å². The number of benzene rings is 1.